The van der Waals surface area contributed by atoms with Gasteiger partial charge in [-0.25, -0.2) is 0 Å². The maximum absolute atomic E-state index is 5.86. The highest BCUT2D eigenvalue weighted by Crippen LogP contribution is 2.61. The molecular weight excluding hydrogens is 216 g/mol. The van der Waals surface area contributed by atoms with E-state index in [1.807, 2.05) is 0 Å². The third-order valence-electron chi connectivity index (χ3n) is 5.08. The summed E-state index contributed by atoms with van der Waals surface area (Å²) in [4.78, 5) is 0. The van der Waals surface area contributed by atoms with Crippen LogP contribution in [0.1, 0.15) is 33.6 Å². The molecule has 0 unspecified atom stereocenters. The average molecular weight is 242 g/mol. The van der Waals surface area contributed by atoms with Gasteiger partial charge in [0.2, 0.25) is 0 Å². The molecule has 0 aromatic carbocycles. The minimum Gasteiger partial charge on any atom is -0.382 e. The molecule has 2 bridgehead atoms. The Morgan fingerprint density at radius 3 is 2.53 bits per heavy atom. The van der Waals surface area contributed by atoms with E-state index in [-0.39, 0.29) is 0 Å². The Balaban J connectivity index is 1.70. The fourth-order valence-corrected chi connectivity index (χ4v) is 3.66. The van der Waals surface area contributed by atoms with Crippen molar-refractivity contribution < 1.29 is 14.2 Å². The molecule has 0 radical (unpaired) electrons. The van der Waals surface area contributed by atoms with Crippen molar-refractivity contribution >= 4 is 0 Å². The van der Waals surface area contributed by atoms with Crippen LogP contribution >= 0.6 is 0 Å². The smallest absolute Gasteiger partial charge is 0.147 e. The first-order valence-electron chi connectivity index (χ1n) is 6.75. The number of methoxy groups -OCH3 is 1. The molecule has 0 aromatic heterocycles. The van der Waals surface area contributed by atoms with E-state index in [0.717, 1.165) is 11.8 Å². The van der Waals surface area contributed by atoms with E-state index in [9.17, 15) is 0 Å². The first kappa shape index (κ1) is 13.3. The summed E-state index contributed by atoms with van der Waals surface area (Å²) >= 11 is 0. The molecule has 3 nitrogen and oxygen atoms in total. The summed E-state index contributed by atoms with van der Waals surface area (Å²) in [5, 5.41) is 0. The highest BCUT2D eigenvalue weighted by molar-refractivity contribution is 5.05. The lowest BCUT2D eigenvalue weighted by molar-refractivity contribution is -0.201. The van der Waals surface area contributed by atoms with E-state index in [0.29, 0.717) is 37.4 Å². The van der Waals surface area contributed by atoms with Gasteiger partial charge in [-0.2, -0.15) is 0 Å². The molecule has 0 saturated heterocycles. The van der Waals surface area contributed by atoms with Crippen LogP contribution in [0.25, 0.3) is 0 Å². The molecule has 0 spiro atoms. The Bertz CT molecular complexity index is 252. The van der Waals surface area contributed by atoms with Crippen molar-refractivity contribution in [3.05, 3.63) is 0 Å². The minimum absolute atomic E-state index is 0.398. The zero-order valence-corrected chi connectivity index (χ0v) is 11.6. The lowest BCUT2D eigenvalue weighted by atomic mass is 9.45. The van der Waals surface area contributed by atoms with Crippen LogP contribution in [-0.2, 0) is 14.2 Å². The summed E-state index contributed by atoms with van der Waals surface area (Å²) in [6, 6.07) is 0. The molecule has 0 amide bonds. The Hall–Kier alpha value is -0.120. The fourth-order valence-electron chi connectivity index (χ4n) is 3.66. The molecule has 3 aliphatic rings. The molecule has 3 saturated carbocycles. The van der Waals surface area contributed by atoms with Crippen LogP contribution in [0.15, 0.2) is 0 Å². The van der Waals surface area contributed by atoms with Crippen LogP contribution in [0.2, 0.25) is 0 Å². The summed E-state index contributed by atoms with van der Waals surface area (Å²) in [5.41, 5.74) is 0.538. The van der Waals surface area contributed by atoms with Gasteiger partial charge in [0.25, 0.3) is 0 Å². The van der Waals surface area contributed by atoms with Crippen molar-refractivity contribution in [2.45, 2.75) is 39.7 Å². The SMILES string of the molecule is COCCOCO[C@@H]1C[C@H]2C[C@@H]([C@H]1C)C2(C)C. The van der Waals surface area contributed by atoms with Gasteiger partial charge in [-0.15, -0.1) is 0 Å². The van der Waals surface area contributed by atoms with E-state index in [1.165, 1.54) is 12.8 Å². The summed E-state index contributed by atoms with van der Waals surface area (Å²) in [6.45, 7) is 8.83. The molecule has 0 heterocycles. The lowest BCUT2D eigenvalue weighted by Crippen LogP contribution is -2.57. The Morgan fingerprint density at radius 1 is 1.18 bits per heavy atom. The topological polar surface area (TPSA) is 27.7 Å². The van der Waals surface area contributed by atoms with Gasteiger partial charge in [-0.3, -0.25) is 0 Å². The largest absolute Gasteiger partial charge is 0.382 e. The Kier molecular flexibility index (Phi) is 4.11. The predicted molar refractivity (Wildman–Crippen MR) is 66.7 cm³/mol. The van der Waals surface area contributed by atoms with Crippen molar-refractivity contribution in [3.8, 4) is 0 Å². The number of ether oxygens (including phenoxy) is 3. The number of hydrogen-bond donors (Lipinski definition) is 0. The van der Waals surface area contributed by atoms with E-state index < -0.39 is 0 Å². The second-order valence-corrected chi connectivity index (χ2v) is 6.18. The second-order valence-electron chi connectivity index (χ2n) is 6.18. The molecule has 4 atom stereocenters. The van der Waals surface area contributed by atoms with E-state index >= 15 is 0 Å². The van der Waals surface area contributed by atoms with Crippen LogP contribution < -0.4 is 0 Å². The minimum atomic E-state index is 0.398. The maximum atomic E-state index is 5.86. The molecule has 3 rings (SSSR count). The van der Waals surface area contributed by atoms with Crippen LogP contribution in [-0.4, -0.2) is 33.2 Å². The predicted octanol–water partition coefficient (Wildman–Crippen LogP) is 2.69. The van der Waals surface area contributed by atoms with Crippen molar-refractivity contribution in [3.63, 3.8) is 0 Å². The second kappa shape index (κ2) is 5.25. The Labute approximate surface area is 105 Å². The fraction of sp³-hybridized carbons (Fsp3) is 1.00. The maximum Gasteiger partial charge on any atom is 0.147 e. The van der Waals surface area contributed by atoms with Gasteiger partial charge in [0.1, 0.15) is 6.79 Å². The summed E-state index contributed by atoms with van der Waals surface area (Å²) in [6.07, 6.45) is 3.01. The molecule has 0 aliphatic heterocycles. The molecule has 100 valence electrons. The lowest BCUT2D eigenvalue weighted by Gasteiger charge is -2.61. The van der Waals surface area contributed by atoms with Gasteiger partial charge in [0.05, 0.1) is 19.3 Å². The molecule has 0 N–H and O–H groups in total. The third-order valence-corrected chi connectivity index (χ3v) is 5.08. The third kappa shape index (κ3) is 2.51. The van der Waals surface area contributed by atoms with E-state index in [1.54, 1.807) is 7.11 Å². The standard InChI is InChI=1S/C14H26O3/c1-10-12-7-11(14(12,2)3)8-13(10)17-9-16-6-5-15-4/h10-13H,5-9H2,1-4H3/t10-,11-,12+,13-/m1/s1. The first-order valence-corrected chi connectivity index (χ1v) is 6.75. The van der Waals surface area contributed by atoms with E-state index in [4.69, 9.17) is 14.2 Å². The van der Waals surface area contributed by atoms with Crippen molar-refractivity contribution in [1.82, 2.24) is 0 Å². The summed E-state index contributed by atoms with van der Waals surface area (Å²) in [5.74, 6) is 2.36. The zero-order valence-electron chi connectivity index (χ0n) is 11.6. The van der Waals surface area contributed by atoms with Gasteiger partial charge < -0.3 is 14.2 Å². The van der Waals surface area contributed by atoms with Crippen LogP contribution in [0.5, 0.6) is 0 Å². The number of rotatable bonds is 6. The van der Waals surface area contributed by atoms with Crippen molar-refractivity contribution in [2.24, 2.45) is 23.2 Å². The highest BCUT2D eigenvalue weighted by atomic mass is 16.7. The van der Waals surface area contributed by atoms with Gasteiger partial charge in [0, 0.05) is 7.11 Å². The van der Waals surface area contributed by atoms with Crippen molar-refractivity contribution in [2.75, 3.05) is 27.1 Å². The quantitative estimate of drug-likeness (QED) is 0.529. The van der Waals surface area contributed by atoms with Crippen LogP contribution in [0, 0.1) is 23.2 Å². The van der Waals surface area contributed by atoms with Crippen LogP contribution in [0.3, 0.4) is 0 Å². The molecular formula is C14H26O3. The Morgan fingerprint density at radius 2 is 1.94 bits per heavy atom. The van der Waals surface area contributed by atoms with Crippen molar-refractivity contribution in [1.29, 1.82) is 0 Å². The molecule has 3 aliphatic carbocycles. The molecule has 17 heavy (non-hydrogen) atoms. The molecule has 3 heteroatoms. The van der Waals surface area contributed by atoms with Crippen LogP contribution in [0.4, 0.5) is 0 Å². The highest BCUT2D eigenvalue weighted by Gasteiger charge is 2.56. The molecule has 3 fully saturated rings. The zero-order chi connectivity index (χ0) is 12.5. The summed E-state index contributed by atoms with van der Waals surface area (Å²) < 4.78 is 16.2. The number of fused-ring (bicyclic) bond motifs is 2. The van der Waals surface area contributed by atoms with Gasteiger partial charge in [0.15, 0.2) is 0 Å². The van der Waals surface area contributed by atoms with Gasteiger partial charge >= 0.3 is 0 Å². The average Bonchev–Trinajstić information content (AvgIpc) is 2.30. The van der Waals surface area contributed by atoms with Gasteiger partial charge in [-0.1, -0.05) is 20.8 Å². The van der Waals surface area contributed by atoms with Gasteiger partial charge in [-0.05, 0) is 36.0 Å². The molecule has 0 aromatic rings. The van der Waals surface area contributed by atoms with E-state index in [2.05, 4.69) is 20.8 Å². The first-order chi connectivity index (χ1) is 8.07. The monoisotopic (exact) mass is 242 g/mol. The number of hydrogen-bond acceptors (Lipinski definition) is 3. The normalized spacial score (nSPS) is 38.8. The summed E-state index contributed by atoms with van der Waals surface area (Å²) in [7, 11) is 1.68.